The monoisotopic (exact) mass is 326 g/mol. The molecule has 0 amide bonds. The SMILES string of the molecule is CC(CNc1cc(Br)ccc1[N+](=O)[O-])C(F)(F)F. The number of rotatable bonds is 4. The summed E-state index contributed by atoms with van der Waals surface area (Å²) in [5, 5.41) is 13.2. The number of nitro groups is 1. The van der Waals surface area contributed by atoms with E-state index in [-0.39, 0.29) is 11.4 Å². The molecule has 0 aliphatic rings. The summed E-state index contributed by atoms with van der Waals surface area (Å²) in [5.74, 6) is -1.59. The minimum atomic E-state index is -4.33. The average molecular weight is 327 g/mol. The quantitative estimate of drug-likeness (QED) is 0.672. The van der Waals surface area contributed by atoms with Crippen molar-refractivity contribution in [2.24, 2.45) is 5.92 Å². The van der Waals surface area contributed by atoms with E-state index < -0.39 is 23.6 Å². The van der Waals surface area contributed by atoms with Crippen LogP contribution in [0, 0.1) is 16.0 Å². The van der Waals surface area contributed by atoms with Crippen LogP contribution in [0.25, 0.3) is 0 Å². The Balaban J connectivity index is 2.84. The number of nitrogens with one attached hydrogen (secondary N) is 1. The van der Waals surface area contributed by atoms with Gasteiger partial charge >= 0.3 is 6.18 Å². The summed E-state index contributed by atoms with van der Waals surface area (Å²) in [7, 11) is 0. The summed E-state index contributed by atoms with van der Waals surface area (Å²) >= 11 is 3.11. The Hall–Kier alpha value is -1.31. The highest BCUT2D eigenvalue weighted by molar-refractivity contribution is 9.10. The van der Waals surface area contributed by atoms with Gasteiger partial charge in [0.05, 0.1) is 10.8 Å². The predicted octanol–water partition coefficient (Wildman–Crippen LogP) is 3.97. The summed E-state index contributed by atoms with van der Waals surface area (Å²) in [4.78, 5) is 10.1. The van der Waals surface area contributed by atoms with Crippen LogP contribution in [0.2, 0.25) is 0 Å². The van der Waals surface area contributed by atoms with Crippen LogP contribution < -0.4 is 5.32 Å². The van der Waals surface area contributed by atoms with Crippen molar-refractivity contribution >= 4 is 27.3 Å². The lowest BCUT2D eigenvalue weighted by atomic mass is 10.1. The van der Waals surface area contributed by atoms with Crippen molar-refractivity contribution in [2.45, 2.75) is 13.1 Å². The third kappa shape index (κ3) is 3.86. The van der Waals surface area contributed by atoms with E-state index in [9.17, 15) is 23.3 Å². The zero-order valence-electron chi connectivity index (χ0n) is 9.29. The third-order valence-corrected chi connectivity index (χ3v) is 2.81. The molecule has 100 valence electrons. The fraction of sp³-hybridized carbons (Fsp3) is 0.400. The molecule has 0 spiro atoms. The van der Waals surface area contributed by atoms with Crippen LogP contribution in [-0.2, 0) is 0 Å². The van der Waals surface area contributed by atoms with Gasteiger partial charge in [-0.1, -0.05) is 22.9 Å². The van der Waals surface area contributed by atoms with Crippen LogP contribution in [-0.4, -0.2) is 17.6 Å². The summed E-state index contributed by atoms with van der Waals surface area (Å²) < 4.78 is 37.5. The standard InChI is InChI=1S/C10H10BrF3N2O2/c1-6(10(12,13)14)5-15-8-4-7(11)2-3-9(8)16(17)18/h2-4,6,15H,5H2,1H3. The molecule has 1 aromatic rings. The molecule has 4 nitrogen and oxygen atoms in total. The van der Waals surface area contributed by atoms with Crippen molar-refractivity contribution in [3.63, 3.8) is 0 Å². The van der Waals surface area contributed by atoms with Gasteiger partial charge in [0.2, 0.25) is 0 Å². The van der Waals surface area contributed by atoms with Crippen molar-refractivity contribution in [2.75, 3.05) is 11.9 Å². The molecule has 0 heterocycles. The number of nitrogens with zero attached hydrogens (tertiary/aromatic N) is 1. The number of halogens is 4. The molecule has 0 aliphatic carbocycles. The number of benzene rings is 1. The largest absolute Gasteiger partial charge is 0.393 e. The lowest BCUT2D eigenvalue weighted by molar-refractivity contribution is -0.384. The second-order valence-corrected chi connectivity index (χ2v) is 4.66. The van der Waals surface area contributed by atoms with E-state index >= 15 is 0 Å². The molecule has 0 saturated heterocycles. The van der Waals surface area contributed by atoms with Gasteiger partial charge in [0.1, 0.15) is 5.69 Å². The summed E-state index contributed by atoms with van der Waals surface area (Å²) in [6.07, 6.45) is -4.33. The van der Waals surface area contributed by atoms with E-state index in [4.69, 9.17) is 0 Å². The van der Waals surface area contributed by atoms with Crippen molar-refractivity contribution in [1.82, 2.24) is 0 Å². The zero-order chi connectivity index (χ0) is 13.9. The molecule has 0 bridgehead atoms. The molecule has 0 aromatic heterocycles. The maximum absolute atomic E-state index is 12.3. The molecule has 18 heavy (non-hydrogen) atoms. The topological polar surface area (TPSA) is 55.2 Å². The fourth-order valence-electron chi connectivity index (χ4n) is 1.19. The van der Waals surface area contributed by atoms with Gasteiger partial charge in [-0.3, -0.25) is 10.1 Å². The normalized spacial score (nSPS) is 13.2. The van der Waals surface area contributed by atoms with E-state index in [0.717, 1.165) is 6.92 Å². The predicted molar refractivity (Wildman–Crippen MR) is 64.5 cm³/mol. The molecule has 1 rings (SSSR count). The maximum Gasteiger partial charge on any atom is 0.393 e. The van der Waals surface area contributed by atoms with E-state index in [1.807, 2.05) is 0 Å². The number of hydrogen-bond donors (Lipinski definition) is 1. The number of hydrogen-bond acceptors (Lipinski definition) is 3. The summed E-state index contributed by atoms with van der Waals surface area (Å²) in [6, 6.07) is 4.06. The van der Waals surface area contributed by atoms with Crippen molar-refractivity contribution in [3.8, 4) is 0 Å². The number of nitro benzene ring substituents is 1. The van der Waals surface area contributed by atoms with Crippen LogP contribution >= 0.6 is 15.9 Å². The highest BCUT2D eigenvalue weighted by Gasteiger charge is 2.35. The second-order valence-electron chi connectivity index (χ2n) is 3.74. The minimum absolute atomic E-state index is 0.0606. The first-order chi connectivity index (χ1) is 8.21. The first kappa shape index (κ1) is 14.7. The molecule has 0 aliphatic heterocycles. The molecule has 8 heteroatoms. The third-order valence-electron chi connectivity index (χ3n) is 2.31. The molecular weight excluding hydrogens is 317 g/mol. The van der Waals surface area contributed by atoms with Gasteiger partial charge in [-0.2, -0.15) is 13.2 Å². The van der Waals surface area contributed by atoms with Gasteiger partial charge in [0.15, 0.2) is 0 Å². The van der Waals surface area contributed by atoms with Gasteiger partial charge in [-0.25, -0.2) is 0 Å². The van der Waals surface area contributed by atoms with Crippen LogP contribution in [0.15, 0.2) is 22.7 Å². The summed E-state index contributed by atoms with van der Waals surface area (Å²) in [6.45, 7) is 0.595. The minimum Gasteiger partial charge on any atom is -0.379 e. The molecule has 1 aromatic carbocycles. The molecular formula is C10H10BrF3N2O2. The van der Waals surface area contributed by atoms with Gasteiger partial charge in [0.25, 0.3) is 5.69 Å². The van der Waals surface area contributed by atoms with Gasteiger partial charge in [0, 0.05) is 17.1 Å². The Morgan fingerprint density at radius 1 is 1.50 bits per heavy atom. The van der Waals surface area contributed by atoms with Crippen molar-refractivity contribution in [1.29, 1.82) is 0 Å². The van der Waals surface area contributed by atoms with Gasteiger partial charge in [-0.05, 0) is 12.1 Å². The Kier molecular flexibility index (Phi) is 4.55. The Bertz CT molecular complexity index is 451. The molecule has 1 unspecified atom stereocenters. The van der Waals surface area contributed by atoms with Crippen LogP contribution in [0.3, 0.4) is 0 Å². The Morgan fingerprint density at radius 3 is 2.61 bits per heavy atom. The summed E-state index contributed by atoms with van der Waals surface area (Å²) in [5.41, 5.74) is -0.196. The van der Waals surface area contributed by atoms with E-state index in [1.54, 1.807) is 0 Å². The van der Waals surface area contributed by atoms with Gasteiger partial charge < -0.3 is 5.32 Å². The lowest BCUT2D eigenvalue weighted by Crippen LogP contribution is -2.27. The van der Waals surface area contributed by atoms with Crippen LogP contribution in [0.5, 0.6) is 0 Å². The molecule has 1 N–H and O–H groups in total. The highest BCUT2D eigenvalue weighted by atomic mass is 79.9. The molecule has 1 atom stereocenters. The fourth-order valence-corrected chi connectivity index (χ4v) is 1.55. The molecule has 0 radical (unpaired) electrons. The maximum atomic E-state index is 12.3. The average Bonchev–Trinajstić information content (AvgIpc) is 2.24. The Labute approximate surface area is 109 Å². The van der Waals surface area contributed by atoms with E-state index in [2.05, 4.69) is 21.2 Å². The van der Waals surface area contributed by atoms with Crippen LogP contribution in [0.4, 0.5) is 24.5 Å². The second kappa shape index (κ2) is 5.55. The molecule has 0 fully saturated rings. The highest BCUT2D eigenvalue weighted by Crippen LogP contribution is 2.30. The first-order valence-electron chi connectivity index (χ1n) is 4.96. The van der Waals surface area contributed by atoms with Gasteiger partial charge in [-0.15, -0.1) is 0 Å². The number of alkyl halides is 3. The van der Waals surface area contributed by atoms with E-state index in [1.165, 1.54) is 18.2 Å². The zero-order valence-corrected chi connectivity index (χ0v) is 10.9. The van der Waals surface area contributed by atoms with Crippen molar-refractivity contribution < 1.29 is 18.1 Å². The molecule has 0 saturated carbocycles. The van der Waals surface area contributed by atoms with Crippen LogP contribution in [0.1, 0.15) is 6.92 Å². The Morgan fingerprint density at radius 2 is 2.11 bits per heavy atom. The number of anilines is 1. The smallest absolute Gasteiger partial charge is 0.379 e. The lowest BCUT2D eigenvalue weighted by Gasteiger charge is -2.16. The first-order valence-corrected chi connectivity index (χ1v) is 5.75. The van der Waals surface area contributed by atoms with Crippen molar-refractivity contribution in [3.05, 3.63) is 32.8 Å². The van der Waals surface area contributed by atoms with E-state index in [0.29, 0.717) is 4.47 Å².